The summed E-state index contributed by atoms with van der Waals surface area (Å²) in [5.41, 5.74) is 2.66. The molecule has 0 radical (unpaired) electrons. The van der Waals surface area contributed by atoms with Crippen LogP contribution in [0.5, 0.6) is 0 Å². The molecule has 3 rings (SSSR count). The fraction of sp³-hybridized carbons (Fsp3) is 0.312. The first-order valence-electron chi connectivity index (χ1n) is 7.03. The molecule has 5 heteroatoms. The smallest absolute Gasteiger partial charge is 0.128 e. The molecule has 0 aliphatic carbocycles. The molecule has 1 fully saturated rings. The molecule has 1 saturated heterocycles. The van der Waals surface area contributed by atoms with E-state index in [2.05, 4.69) is 70.9 Å². The van der Waals surface area contributed by atoms with Crippen LogP contribution in [0.25, 0.3) is 0 Å². The average molecular weight is 411 g/mol. The van der Waals surface area contributed by atoms with Crippen molar-refractivity contribution in [3.8, 4) is 0 Å². The molecule has 21 heavy (non-hydrogen) atoms. The molecule has 0 N–H and O–H groups in total. The maximum Gasteiger partial charge on any atom is 0.128 e. The van der Waals surface area contributed by atoms with Crippen molar-refractivity contribution in [1.82, 2.24) is 4.98 Å². The van der Waals surface area contributed by atoms with Crippen molar-refractivity contribution in [3.05, 3.63) is 52.6 Å². The van der Waals surface area contributed by atoms with Gasteiger partial charge in [0.15, 0.2) is 0 Å². The Morgan fingerprint density at radius 3 is 2.43 bits per heavy atom. The van der Waals surface area contributed by atoms with Crippen LogP contribution in [0.2, 0.25) is 0 Å². The van der Waals surface area contributed by atoms with Crippen molar-refractivity contribution >= 4 is 43.4 Å². The summed E-state index contributed by atoms with van der Waals surface area (Å²) in [5.74, 6) is 1.08. The maximum atomic E-state index is 4.44. The Bertz CT molecular complexity index is 596. The zero-order valence-electron chi connectivity index (χ0n) is 11.7. The van der Waals surface area contributed by atoms with Crippen molar-refractivity contribution in [2.45, 2.75) is 5.33 Å². The van der Waals surface area contributed by atoms with Gasteiger partial charge in [0.05, 0.1) is 0 Å². The van der Waals surface area contributed by atoms with Gasteiger partial charge in [0.2, 0.25) is 0 Å². The number of halogens is 2. The molecule has 0 unspecified atom stereocenters. The topological polar surface area (TPSA) is 19.4 Å². The van der Waals surface area contributed by atoms with Gasteiger partial charge in [-0.05, 0) is 35.9 Å². The van der Waals surface area contributed by atoms with E-state index < -0.39 is 0 Å². The number of hydrogen-bond acceptors (Lipinski definition) is 3. The van der Waals surface area contributed by atoms with E-state index in [1.54, 1.807) is 0 Å². The summed E-state index contributed by atoms with van der Waals surface area (Å²) >= 11 is 7.14. The molecule has 3 nitrogen and oxygen atoms in total. The predicted molar refractivity (Wildman–Crippen MR) is 95.4 cm³/mol. The van der Waals surface area contributed by atoms with Gasteiger partial charge >= 0.3 is 0 Å². The summed E-state index contributed by atoms with van der Waals surface area (Å²) in [5, 5.41) is 0.877. The summed E-state index contributed by atoms with van der Waals surface area (Å²) in [6.45, 7) is 4.07. The zero-order valence-corrected chi connectivity index (χ0v) is 14.8. The SMILES string of the molecule is BrCc1cc(Br)ccc1N1CCN(c2ccccn2)CC1. The molecular weight excluding hydrogens is 394 g/mol. The van der Waals surface area contributed by atoms with Crippen LogP contribution in [0, 0.1) is 0 Å². The van der Waals surface area contributed by atoms with Gasteiger partial charge in [-0.25, -0.2) is 4.98 Å². The Morgan fingerprint density at radius 1 is 1.00 bits per heavy atom. The Balaban J connectivity index is 1.71. The van der Waals surface area contributed by atoms with Crippen molar-refractivity contribution in [1.29, 1.82) is 0 Å². The third-order valence-electron chi connectivity index (χ3n) is 3.78. The molecule has 0 atom stereocenters. The molecule has 1 aliphatic heterocycles. The molecule has 0 saturated carbocycles. The highest BCUT2D eigenvalue weighted by molar-refractivity contribution is 9.10. The van der Waals surface area contributed by atoms with Crippen molar-refractivity contribution in [3.63, 3.8) is 0 Å². The lowest BCUT2D eigenvalue weighted by Gasteiger charge is -2.37. The molecule has 2 heterocycles. The maximum absolute atomic E-state index is 4.44. The number of alkyl halides is 1. The lowest BCUT2D eigenvalue weighted by molar-refractivity contribution is 0.646. The van der Waals surface area contributed by atoms with Crippen LogP contribution in [0.15, 0.2) is 47.1 Å². The van der Waals surface area contributed by atoms with Gasteiger partial charge in [0.1, 0.15) is 5.82 Å². The minimum atomic E-state index is 0.877. The van der Waals surface area contributed by atoms with Crippen LogP contribution in [0.4, 0.5) is 11.5 Å². The van der Waals surface area contributed by atoms with E-state index in [1.807, 2.05) is 18.3 Å². The highest BCUT2D eigenvalue weighted by Crippen LogP contribution is 2.28. The lowest BCUT2D eigenvalue weighted by Crippen LogP contribution is -2.47. The molecular formula is C16H17Br2N3. The summed E-state index contributed by atoms with van der Waals surface area (Å²) in [4.78, 5) is 9.25. The number of pyridine rings is 1. The monoisotopic (exact) mass is 409 g/mol. The first-order valence-corrected chi connectivity index (χ1v) is 8.94. The van der Waals surface area contributed by atoms with Crippen molar-refractivity contribution in [2.75, 3.05) is 36.0 Å². The normalized spacial score (nSPS) is 15.3. The number of rotatable bonds is 3. The minimum absolute atomic E-state index is 0.877. The van der Waals surface area contributed by atoms with Crippen LogP contribution < -0.4 is 9.80 Å². The second-order valence-electron chi connectivity index (χ2n) is 5.07. The summed E-state index contributed by atoms with van der Waals surface area (Å²) in [6, 6.07) is 12.6. The van der Waals surface area contributed by atoms with Gasteiger partial charge in [-0.3, -0.25) is 0 Å². The van der Waals surface area contributed by atoms with E-state index in [0.717, 1.165) is 41.8 Å². The zero-order chi connectivity index (χ0) is 14.7. The predicted octanol–water partition coefficient (Wildman–Crippen LogP) is 4.07. The molecule has 1 aromatic carbocycles. The van der Waals surface area contributed by atoms with Gasteiger partial charge < -0.3 is 9.80 Å². The van der Waals surface area contributed by atoms with E-state index in [-0.39, 0.29) is 0 Å². The van der Waals surface area contributed by atoms with E-state index >= 15 is 0 Å². The highest BCUT2D eigenvalue weighted by Gasteiger charge is 2.19. The van der Waals surface area contributed by atoms with E-state index in [9.17, 15) is 0 Å². The fourth-order valence-electron chi connectivity index (χ4n) is 2.69. The number of nitrogens with zero attached hydrogens (tertiary/aromatic N) is 3. The fourth-order valence-corrected chi connectivity index (χ4v) is 3.54. The van der Waals surface area contributed by atoms with E-state index in [1.165, 1.54) is 11.3 Å². The Kier molecular flexibility index (Phi) is 4.80. The number of aromatic nitrogens is 1. The quantitative estimate of drug-likeness (QED) is 0.711. The summed E-state index contributed by atoms with van der Waals surface area (Å²) in [7, 11) is 0. The van der Waals surface area contributed by atoms with E-state index in [4.69, 9.17) is 0 Å². The van der Waals surface area contributed by atoms with Gasteiger partial charge in [-0.15, -0.1) is 0 Å². The number of anilines is 2. The minimum Gasteiger partial charge on any atom is -0.368 e. The molecule has 1 aromatic heterocycles. The number of hydrogen-bond donors (Lipinski definition) is 0. The number of benzene rings is 1. The van der Waals surface area contributed by atoms with Crippen LogP contribution in [0.3, 0.4) is 0 Å². The second-order valence-corrected chi connectivity index (χ2v) is 6.55. The first kappa shape index (κ1) is 14.9. The van der Waals surface area contributed by atoms with E-state index in [0.29, 0.717) is 0 Å². The van der Waals surface area contributed by atoms with Crippen LogP contribution in [-0.2, 0) is 5.33 Å². The third-order valence-corrected chi connectivity index (χ3v) is 4.88. The Morgan fingerprint density at radius 2 is 1.76 bits per heavy atom. The third kappa shape index (κ3) is 3.40. The Labute approximate surface area is 142 Å². The molecule has 0 spiro atoms. The summed E-state index contributed by atoms with van der Waals surface area (Å²) in [6.07, 6.45) is 1.86. The molecule has 0 amide bonds. The first-order chi connectivity index (χ1) is 10.3. The average Bonchev–Trinajstić information content (AvgIpc) is 2.56. The van der Waals surface area contributed by atoms with Crippen LogP contribution in [-0.4, -0.2) is 31.2 Å². The van der Waals surface area contributed by atoms with Crippen LogP contribution in [0.1, 0.15) is 5.56 Å². The molecule has 2 aromatic rings. The second kappa shape index (κ2) is 6.79. The standard InChI is InChI=1S/C16H17Br2N3/c17-12-13-11-14(18)4-5-15(13)20-7-9-21(10-8-20)16-3-1-2-6-19-16/h1-6,11H,7-10,12H2. The van der Waals surface area contributed by atoms with Gasteiger partial charge in [0, 0.05) is 47.9 Å². The largest absolute Gasteiger partial charge is 0.368 e. The Hall–Kier alpha value is -1.07. The van der Waals surface area contributed by atoms with Crippen molar-refractivity contribution in [2.24, 2.45) is 0 Å². The lowest BCUT2D eigenvalue weighted by atomic mass is 10.1. The van der Waals surface area contributed by atoms with Crippen LogP contribution >= 0.6 is 31.9 Å². The van der Waals surface area contributed by atoms with Gasteiger partial charge in [0.25, 0.3) is 0 Å². The van der Waals surface area contributed by atoms with Crippen molar-refractivity contribution < 1.29 is 0 Å². The molecule has 1 aliphatic rings. The summed E-state index contributed by atoms with van der Waals surface area (Å²) < 4.78 is 1.13. The molecule has 0 bridgehead atoms. The van der Waals surface area contributed by atoms with Gasteiger partial charge in [-0.2, -0.15) is 0 Å². The molecule has 110 valence electrons. The number of piperazine rings is 1. The highest BCUT2D eigenvalue weighted by atomic mass is 79.9. The van der Waals surface area contributed by atoms with Gasteiger partial charge in [-0.1, -0.05) is 37.9 Å².